The van der Waals surface area contributed by atoms with Crippen molar-refractivity contribution < 1.29 is 9.90 Å². The Morgan fingerprint density at radius 1 is 1.48 bits per heavy atom. The van der Waals surface area contributed by atoms with E-state index in [1.54, 1.807) is 0 Å². The fraction of sp³-hybridized carbons (Fsp3) is 0.429. The van der Waals surface area contributed by atoms with Crippen molar-refractivity contribution in [2.45, 2.75) is 38.6 Å². The van der Waals surface area contributed by atoms with Crippen LogP contribution in [0.5, 0.6) is 0 Å². The molecule has 0 aliphatic heterocycles. The topological polar surface area (TPSA) is 105 Å². The van der Waals surface area contributed by atoms with Gasteiger partial charge in [0.1, 0.15) is 5.65 Å². The molecule has 110 valence electrons. The van der Waals surface area contributed by atoms with Crippen LogP contribution < -0.4 is 11.2 Å². The van der Waals surface area contributed by atoms with Crippen LogP contribution in [0.15, 0.2) is 15.8 Å². The summed E-state index contributed by atoms with van der Waals surface area (Å²) in [5.74, 6) is -1.03. The van der Waals surface area contributed by atoms with E-state index in [2.05, 4.69) is 9.97 Å². The maximum Gasteiger partial charge on any atom is 0.337 e. The number of rotatable bonds is 4. The van der Waals surface area contributed by atoms with Crippen molar-refractivity contribution in [1.29, 1.82) is 0 Å². The first-order valence-corrected chi connectivity index (χ1v) is 6.93. The summed E-state index contributed by atoms with van der Waals surface area (Å²) in [7, 11) is 0. The summed E-state index contributed by atoms with van der Waals surface area (Å²) in [6.07, 6.45) is 3.67. The average molecular weight is 289 g/mol. The Morgan fingerprint density at radius 2 is 2.19 bits per heavy atom. The van der Waals surface area contributed by atoms with Gasteiger partial charge in [-0.05, 0) is 30.7 Å². The number of nitrogens with one attached hydrogen (secondary N) is 1. The number of carboxylic acids is 1. The average Bonchev–Trinajstić information content (AvgIpc) is 3.26. The highest BCUT2D eigenvalue weighted by atomic mass is 16.4. The molecule has 1 aliphatic carbocycles. The number of H-pyrrole nitrogens is 1. The maximum atomic E-state index is 12.2. The number of aryl methyl sites for hydroxylation is 1. The third-order valence-electron chi connectivity index (χ3n) is 3.71. The zero-order valence-corrected chi connectivity index (χ0v) is 11.5. The largest absolute Gasteiger partial charge is 0.478 e. The van der Waals surface area contributed by atoms with Crippen LogP contribution in [-0.4, -0.2) is 25.6 Å². The third kappa shape index (κ3) is 2.14. The molecule has 1 saturated carbocycles. The predicted molar refractivity (Wildman–Crippen MR) is 75.8 cm³/mol. The van der Waals surface area contributed by atoms with E-state index in [0.717, 1.165) is 12.8 Å². The van der Waals surface area contributed by atoms with Crippen LogP contribution in [0.1, 0.15) is 48.0 Å². The van der Waals surface area contributed by atoms with Gasteiger partial charge in [0.25, 0.3) is 5.56 Å². The number of nitrogens with zero attached hydrogens (tertiary/aromatic N) is 2. The highest BCUT2D eigenvalue weighted by Gasteiger charge is 2.32. The Labute approximate surface area is 119 Å². The van der Waals surface area contributed by atoms with Crippen molar-refractivity contribution in [2.75, 3.05) is 0 Å². The lowest BCUT2D eigenvalue weighted by Crippen LogP contribution is -2.32. The highest BCUT2D eigenvalue weighted by molar-refractivity contribution is 5.95. The minimum Gasteiger partial charge on any atom is -0.478 e. The van der Waals surface area contributed by atoms with Gasteiger partial charge in [-0.15, -0.1) is 0 Å². The molecule has 2 heterocycles. The van der Waals surface area contributed by atoms with Crippen molar-refractivity contribution in [2.24, 2.45) is 0 Å². The Morgan fingerprint density at radius 3 is 2.76 bits per heavy atom. The molecule has 0 amide bonds. The Bertz CT molecular complexity index is 846. The van der Waals surface area contributed by atoms with Crippen LogP contribution in [0.2, 0.25) is 0 Å². The SMILES string of the molecule is CCCn1c(=O)[nH]c(=O)c2c(C3CC3)c(C(=O)O)cnc21. The first-order chi connectivity index (χ1) is 10.0. The molecule has 0 unspecified atom stereocenters. The molecule has 2 N–H and O–H groups in total. The lowest BCUT2D eigenvalue weighted by atomic mass is 10.0. The molecule has 0 atom stereocenters. The Balaban J connectivity index is 2.45. The van der Waals surface area contributed by atoms with E-state index in [0.29, 0.717) is 18.5 Å². The number of hydrogen-bond donors (Lipinski definition) is 2. The van der Waals surface area contributed by atoms with E-state index in [-0.39, 0.29) is 22.5 Å². The fourth-order valence-electron chi connectivity index (χ4n) is 2.66. The number of aromatic nitrogens is 3. The summed E-state index contributed by atoms with van der Waals surface area (Å²) in [5.41, 5.74) is -0.222. The monoisotopic (exact) mass is 289 g/mol. The molecule has 2 aromatic heterocycles. The first-order valence-electron chi connectivity index (χ1n) is 6.93. The van der Waals surface area contributed by atoms with E-state index >= 15 is 0 Å². The predicted octanol–water partition coefficient (Wildman–Crippen LogP) is 1.07. The Kier molecular flexibility index (Phi) is 3.12. The molecule has 1 aliphatic rings. The van der Waals surface area contributed by atoms with Gasteiger partial charge >= 0.3 is 11.7 Å². The fourth-order valence-corrected chi connectivity index (χ4v) is 2.66. The van der Waals surface area contributed by atoms with Crippen LogP contribution in [-0.2, 0) is 6.54 Å². The number of pyridine rings is 1. The van der Waals surface area contributed by atoms with Gasteiger partial charge in [-0.1, -0.05) is 6.92 Å². The van der Waals surface area contributed by atoms with Gasteiger partial charge in [0.2, 0.25) is 0 Å². The molecule has 21 heavy (non-hydrogen) atoms. The molecule has 0 spiro atoms. The molecule has 7 heteroatoms. The van der Waals surface area contributed by atoms with E-state index in [9.17, 15) is 19.5 Å². The van der Waals surface area contributed by atoms with Gasteiger partial charge in [-0.25, -0.2) is 14.6 Å². The van der Waals surface area contributed by atoms with E-state index in [1.807, 2.05) is 6.92 Å². The molecule has 0 bridgehead atoms. The summed E-state index contributed by atoms with van der Waals surface area (Å²) in [6, 6.07) is 0. The highest BCUT2D eigenvalue weighted by Crippen LogP contribution is 2.43. The zero-order chi connectivity index (χ0) is 15.1. The van der Waals surface area contributed by atoms with Crippen LogP contribution in [0.3, 0.4) is 0 Å². The van der Waals surface area contributed by atoms with Crippen molar-refractivity contribution in [3.05, 3.63) is 38.2 Å². The molecule has 2 aromatic rings. The normalized spacial score (nSPS) is 14.5. The van der Waals surface area contributed by atoms with Crippen LogP contribution >= 0.6 is 0 Å². The van der Waals surface area contributed by atoms with E-state index in [1.165, 1.54) is 10.8 Å². The van der Waals surface area contributed by atoms with Gasteiger partial charge in [-0.3, -0.25) is 14.3 Å². The number of carboxylic acid groups (broad SMARTS) is 1. The van der Waals surface area contributed by atoms with Gasteiger partial charge in [0, 0.05) is 12.7 Å². The zero-order valence-electron chi connectivity index (χ0n) is 11.5. The lowest BCUT2D eigenvalue weighted by Gasteiger charge is -2.12. The number of aromatic carboxylic acids is 1. The van der Waals surface area contributed by atoms with Crippen LogP contribution in [0.25, 0.3) is 11.0 Å². The third-order valence-corrected chi connectivity index (χ3v) is 3.71. The summed E-state index contributed by atoms with van der Waals surface area (Å²) >= 11 is 0. The lowest BCUT2D eigenvalue weighted by molar-refractivity contribution is 0.0695. The maximum absolute atomic E-state index is 12.2. The van der Waals surface area contributed by atoms with Crippen molar-refractivity contribution >= 4 is 17.0 Å². The molecule has 1 fully saturated rings. The molecule has 0 saturated heterocycles. The molecule has 7 nitrogen and oxygen atoms in total. The summed E-state index contributed by atoms with van der Waals surface area (Å²) in [4.78, 5) is 41.8. The number of hydrogen-bond acceptors (Lipinski definition) is 4. The van der Waals surface area contributed by atoms with Gasteiger partial charge in [-0.2, -0.15) is 0 Å². The molecular weight excluding hydrogens is 274 g/mol. The molecular formula is C14H15N3O4. The number of aromatic amines is 1. The van der Waals surface area contributed by atoms with Crippen LogP contribution in [0.4, 0.5) is 0 Å². The summed E-state index contributed by atoms with van der Waals surface area (Å²) < 4.78 is 1.40. The second-order valence-electron chi connectivity index (χ2n) is 5.27. The van der Waals surface area contributed by atoms with E-state index < -0.39 is 17.2 Å². The van der Waals surface area contributed by atoms with Crippen molar-refractivity contribution in [1.82, 2.24) is 14.5 Å². The summed E-state index contributed by atoms with van der Waals surface area (Å²) in [5, 5.41) is 9.54. The number of carbonyl (C=O) groups is 1. The minimum absolute atomic E-state index is 0.0530. The van der Waals surface area contributed by atoms with Crippen LogP contribution in [0, 0.1) is 0 Å². The smallest absolute Gasteiger partial charge is 0.337 e. The first kappa shape index (κ1) is 13.5. The minimum atomic E-state index is -1.10. The molecule has 0 radical (unpaired) electrons. The molecule has 0 aromatic carbocycles. The van der Waals surface area contributed by atoms with Gasteiger partial charge < -0.3 is 5.11 Å². The Hall–Kier alpha value is -2.44. The standard InChI is InChI=1S/C14H15N3O4/c1-2-5-17-11-10(12(18)16-14(17)21)9(7-3-4-7)8(6-15-11)13(19)20/h6-7H,2-5H2,1H3,(H,19,20)(H,16,18,21). The second-order valence-corrected chi connectivity index (χ2v) is 5.27. The molecule has 3 rings (SSSR count). The van der Waals surface area contributed by atoms with Gasteiger partial charge in [0.15, 0.2) is 0 Å². The second kappa shape index (κ2) is 4.83. The summed E-state index contributed by atoms with van der Waals surface area (Å²) in [6.45, 7) is 2.34. The van der Waals surface area contributed by atoms with Crippen molar-refractivity contribution in [3.8, 4) is 0 Å². The van der Waals surface area contributed by atoms with Crippen molar-refractivity contribution in [3.63, 3.8) is 0 Å². The quantitative estimate of drug-likeness (QED) is 0.876. The van der Waals surface area contributed by atoms with E-state index in [4.69, 9.17) is 0 Å². The number of fused-ring (bicyclic) bond motifs is 1. The van der Waals surface area contributed by atoms with Gasteiger partial charge in [0.05, 0.1) is 10.9 Å².